The van der Waals surface area contributed by atoms with Crippen LogP contribution in [0, 0.1) is 0 Å². The largest absolute Gasteiger partial charge is 0.244 e. The maximum absolute atomic E-state index is 12.3. The molecule has 1 aromatic carbocycles. The van der Waals surface area contributed by atoms with Crippen molar-refractivity contribution in [3.05, 3.63) is 29.3 Å². The van der Waals surface area contributed by atoms with Crippen molar-refractivity contribution >= 4 is 44.8 Å². The van der Waals surface area contributed by atoms with Gasteiger partial charge in [0.1, 0.15) is 4.90 Å². The van der Waals surface area contributed by atoms with Crippen molar-refractivity contribution in [1.82, 2.24) is 4.31 Å². The van der Waals surface area contributed by atoms with Crippen LogP contribution in [0.1, 0.15) is 0 Å². The third kappa shape index (κ3) is 3.73. The van der Waals surface area contributed by atoms with Gasteiger partial charge in [-0.2, -0.15) is 4.31 Å². The van der Waals surface area contributed by atoms with Gasteiger partial charge in [-0.1, -0.05) is 23.7 Å². The molecule has 0 bridgehead atoms. The van der Waals surface area contributed by atoms with Crippen LogP contribution in [0.4, 0.5) is 0 Å². The lowest BCUT2D eigenvalue weighted by Gasteiger charge is -2.20. The SMILES string of the molecule is O=S(=O)(c1ccccc1Cl)N(CCCl)CCCl. The standard InChI is InChI=1S/C10H12Cl3NO2S/c11-5-7-14(8-6-12)17(15,16)10-4-2-1-3-9(10)13/h1-4H,5-8H2. The van der Waals surface area contributed by atoms with E-state index in [-0.39, 0.29) is 34.8 Å². The molecule has 0 saturated carbocycles. The topological polar surface area (TPSA) is 37.4 Å². The highest BCUT2D eigenvalue weighted by molar-refractivity contribution is 7.89. The molecule has 3 nitrogen and oxygen atoms in total. The average Bonchev–Trinajstić information content (AvgIpc) is 2.29. The molecule has 0 unspecified atom stereocenters. The van der Waals surface area contributed by atoms with Gasteiger partial charge >= 0.3 is 0 Å². The number of nitrogens with zero attached hydrogens (tertiary/aromatic N) is 1. The second-order valence-electron chi connectivity index (χ2n) is 3.21. The van der Waals surface area contributed by atoms with Gasteiger partial charge in [-0.05, 0) is 12.1 Å². The molecule has 0 aliphatic carbocycles. The van der Waals surface area contributed by atoms with E-state index < -0.39 is 10.0 Å². The molecule has 0 aromatic heterocycles. The molecule has 96 valence electrons. The van der Waals surface area contributed by atoms with Crippen LogP contribution in [-0.4, -0.2) is 37.6 Å². The molecule has 1 aromatic rings. The summed E-state index contributed by atoms with van der Waals surface area (Å²) < 4.78 is 25.7. The Balaban J connectivity index is 3.12. The van der Waals surface area contributed by atoms with Gasteiger partial charge in [0.2, 0.25) is 10.0 Å². The summed E-state index contributed by atoms with van der Waals surface area (Å²) in [6.45, 7) is 0.420. The first-order valence-electron chi connectivity index (χ1n) is 4.90. The molecular formula is C10H12Cl3NO2S. The number of alkyl halides is 2. The van der Waals surface area contributed by atoms with Gasteiger partial charge < -0.3 is 0 Å². The molecular weight excluding hydrogens is 305 g/mol. The molecule has 0 N–H and O–H groups in total. The Bertz CT molecular complexity index is 458. The zero-order valence-electron chi connectivity index (χ0n) is 8.94. The molecule has 0 spiro atoms. The monoisotopic (exact) mass is 315 g/mol. The lowest BCUT2D eigenvalue weighted by molar-refractivity contribution is 0.448. The molecule has 0 atom stereocenters. The van der Waals surface area contributed by atoms with Crippen molar-refractivity contribution in [3.63, 3.8) is 0 Å². The Morgan fingerprint density at radius 1 is 1.06 bits per heavy atom. The van der Waals surface area contributed by atoms with Crippen LogP contribution < -0.4 is 0 Å². The van der Waals surface area contributed by atoms with E-state index in [9.17, 15) is 8.42 Å². The molecule has 0 fully saturated rings. The van der Waals surface area contributed by atoms with Gasteiger partial charge in [0.25, 0.3) is 0 Å². The summed E-state index contributed by atoms with van der Waals surface area (Å²) in [5.41, 5.74) is 0. The van der Waals surface area contributed by atoms with E-state index >= 15 is 0 Å². The van der Waals surface area contributed by atoms with Crippen LogP contribution in [0.3, 0.4) is 0 Å². The van der Waals surface area contributed by atoms with Crippen molar-refractivity contribution in [2.75, 3.05) is 24.8 Å². The van der Waals surface area contributed by atoms with E-state index in [4.69, 9.17) is 34.8 Å². The highest BCUT2D eigenvalue weighted by Gasteiger charge is 2.25. The van der Waals surface area contributed by atoms with Gasteiger partial charge in [-0.3, -0.25) is 0 Å². The highest BCUT2D eigenvalue weighted by atomic mass is 35.5. The van der Waals surface area contributed by atoms with Crippen LogP contribution in [0.5, 0.6) is 0 Å². The number of sulfonamides is 1. The van der Waals surface area contributed by atoms with E-state index in [1.54, 1.807) is 12.1 Å². The lowest BCUT2D eigenvalue weighted by atomic mass is 10.4. The summed E-state index contributed by atoms with van der Waals surface area (Å²) in [6, 6.07) is 6.30. The predicted molar refractivity (Wildman–Crippen MR) is 71.7 cm³/mol. The summed E-state index contributed by atoms with van der Waals surface area (Å²) in [6.07, 6.45) is 0. The Labute approximate surface area is 116 Å². The summed E-state index contributed by atoms with van der Waals surface area (Å²) in [4.78, 5) is 0.0805. The van der Waals surface area contributed by atoms with E-state index in [1.165, 1.54) is 16.4 Å². The first kappa shape index (κ1) is 15.1. The van der Waals surface area contributed by atoms with Gasteiger partial charge in [-0.15, -0.1) is 23.2 Å². The van der Waals surface area contributed by atoms with Crippen LogP contribution in [0.2, 0.25) is 5.02 Å². The first-order chi connectivity index (χ1) is 8.04. The summed E-state index contributed by atoms with van der Waals surface area (Å²) in [5, 5.41) is 0.196. The van der Waals surface area contributed by atoms with Crippen LogP contribution in [0.15, 0.2) is 29.2 Å². The van der Waals surface area contributed by atoms with E-state index in [1.807, 2.05) is 0 Å². The zero-order chi connectivity index (χ0) is 12.9. The first-order valence-corrected chi connectivity index (χ1v) is 7.79. The van der Waals surface area contributed by atoms with Crippen molar-refractivity contribution in [2.24, 2.45) is 0 Å². The van der Waals surface area contributed by atoms with Crippen molar-refractivity contribution in [2.45, 2.75) is 4.90 Å². The van der Waals surface area contributed by atoms with Crippen molar-refractivity contribution in [1.29, 1.82) is 0 Å². The summed E-state index contributed by atoms with van der Waals surface area (Å²) in [5.74, 6) is 0.418. The minimum absolute atomic E-state index is 0.0805. The van der Waals surface area contributed by atoms with E-state index in [0.29, 0.717) is 0 Å². The Morgan fingerprint density at radius 2 is 1.59 bits per heavy atom. The molecule has 7 heteroatoms. The number of hydrogen-bond acceptors (Lipinski definition) is 2. The zero-order valence-corrected chi connectivity index (χ0v) is 12.0. The molecule has 1 rings (SSSR count). The van der Waals surface area contributed by atoms with E-state index in [0.717, 1.165) is 0 Å². The van der Waals surface area contributed by atoms with Crippen LogP contribution in [0.25, 0.3) is 0 Å². The fourth-order valence-electron chi connectivity index (χ4n) is 1.33. The molecule has 0 saturated heterocycles. The molecule has 0 aliphatic rings. The number of halogens is 3. The van der Waals surface area contributed by atoms with Crippen LogP contribution >= 0.6 is 34.8 Å². The number of rotatable bonds is 6. The van der Waals surface area contributed by atoms with E-state index in [2.05, 4.69) is 0 Å². The average molecular weight is 317 g/mol. The quantitative estimate of drug-likeness (QED) is 0.757. The van der Waals surface area contributed by atoms with Gasteiger partial charge in [0, 0.05) is 24.8 Å². The maximum Gasteiger partial charge on any atom is 0.244 e. The molecule has 0 amide bonds. The lowest BCUT2D eigenvalue weighted by Crippen LogP contribution is -2.34. The molecule has 0 aliphatic heterocycles. The van der Waals surface area contributed by atoms with Crippen molar-refractivity contribution in [3.8, 4) is 0 Å². The minimum Gasteiger partial charge on any atom is -0.207 e. The normalized spacial score (nSPS) is 12.0. The smallest absolute Gasteiger partial charge is 0.207 e. The number of benzene rings is 1. The van der Waals surface area contributed by atoms with Gasteiger partial charge in [-0.25, -0.2) is 8.42 Å². The minimum atomic E-state index is -3.62. The Hall–Kier alpha value is -0.000000000000000111. The summed E-state index contributed by atoms with van der Waals surface area (Å²) >= 11 is 17.0. The molecule has 0 radical (unpaired) electrons. The second-order valence-corrected chi connectivity index (χ2v) is 6.28. The highest BCUT2D eigenvalue weighted by Crippen LogP contribution is 2.24. The van der Waals surface area contributed by atoms with Gasteiger partial charge in [0.15, 0.2) is 0 Å². The number of hydrogen-bond donors (Lipinski definition) is 0. The molecule has 17 heavy (non-hydrogen) atoms. The third-order valence-electron chi connectivity index (χ3n) is 2.12. The fourth-order valence-corrected chi connectivity index (χ4v) is 3.88. The molecule has 0 heterocycles. The van der Waals surface area contributed by atoms with Crippen molar-refractivity contribution < 1.29 is 8.42 Å². The predicted octanol–water partition coefficient (Wildman–Crippen LogP) is 2.81. The fraction of sp³-hybridized carbons (Fsp3) is 0.400. The second kappa shape index (κ2) is 6.81. The Kier molecular flexibility index (Phi) is 6.03. The maximum atomic E-state index is 12.3. The summed E-state index contributed by atoms with van der Waals surface area (Å²) in [7, 11) is -3.62. The third-order valence-corrected chi connectivity index (χ3v) is 4.86. The van der Waals surface area contributed by atoms with Gasteiger partial charge in [0.05, 0.1) is 5.02 Å². The Morgan fingerprint density at radius 3 is 2.06 bits per heavy atom. The van der Waals surface area contributed by atoms with Crippen LogP contribution in [-0.2, 0) is 10.0 Å².